The molecule has 0 radical (unpaired) electrons. The molecule has 0 aliphatic carbocycles. The van der Waals surface area contributed by atoms with Gasteiger partial charge in [-0.1, -0.05) is 54.6 Å². The molecule has 1 aliphatic heterocycles. The number of hydrogen-bond acceptors (Lipinski definition) is 2. The van der Waals surface area contributed by atoms with Crippen molar-refractivity contribution in [3.63, 3.8) is 0 Å². The van der Waals surface area contributed by atoms with Gasteiger partial charge in [0.15, 0.2) is 0 Å². The third-order valence-electron chi connectivity index (χ3n) is 5.05. The van der Waals surface area contributed by atoms with E-state index >= 15 is 4.39 Å². The number of rotatable bonds is 4. The number of amides is 1. The van der Waals surface area contributed by atoms with Gasteiger partial charge in [-0.15, -0.1) is 0 Å². The number of carbonyl (C=O) groups is 2. The molecule has 1 heterocycles. The molecule has 0 spiro atoms. The van der Waals surface area contributed by atoms with Crippen LogP contribution in [0, 0.1) is 0 Å². The number of carboxylic acid groups (broad SMARTS) is 1. The molecule has 1 N–H and O–H groups in total. The summed E-state index contributed by atoms with van der Waals surface area (Å²) < 4.78 is 15.3. The summed E-state index contributed by atoms with van der Waals surface area (Å²) in [6.45, 7) is 1.45. The third kappa shape index (κ3) is 2.95. The molecular formula is C23H18FNO3. The number of hydrogen-bond donors (Lipinski definition) is 1. The van der Waals surface area contributed by atoms with E-state index in [-0.39, 0.29) is 12.1 Å². The van der Waals surface area contributed by atoms with E-state index in [2.05, 4.69) is 0 Å². The molecule has 28 heavy (non-hydrogen) atoms. The molecule has 4 nitrogen and oxygen atoms in total. The van der Waals surface area contributed by atoms with Gasteiger partial charge in [-0.2, -0.15) is 0 Å². The van der Waals surface area contributed by atoms with Crippen molar-refractivity contribution in [3.05, 3.63) is 83.4 Å². The molecule has 0 fully saturated rings. The zero-order valence-corrected chi connectivity index (χ0v) is 15.2. The highest BCUT2D eigenvalue weighted by Crippen LogP contribution is 2.45. The maximum atomic E-state index is 15.3. The molecule has 1 aliphatic rings. The van der Waals surface area contributed by atoms with Crippen molar-refractivity contribution in [2.75, 3.05) is 4.90 Å². The van der Waals surface area contributed by atoms with E-state index in [4.69, 9.17) is 5.11 Å². The Hall–Kier alpha value is -3.47. The summed E-state index contributed by atoms with van der Waals surface area (Å²) in [4.78, 5) is 25.2. The molecule has 0 bridgehead atoms. The van der Waals surface area contributed by atoms with Crippen LogP contribution in [-0.2, 0) is 21.8 Å². The van der Waals surface area contributed by atoms with Crippen molar-refractivity contribution in [2.45, 2.75) is 19.1 Å². The lowest BCUT2D eigenvalue weighted by Crippen LogP contribution is -2.35. The number of halogens is 1. The van der Waals surface area contributed by atoms with Crippen LogP contribution in [-0.4, -0.2) is 17.0 Å². The average molecular weight is 375 g/mol. The summed E-state index contributed by atoms with van der Waals surface area (Å²) >= 11 is 0. The van der Waals surface area contributed by atoms with Gasteiger partial charge < -0.3 is 10.0 Å². The monoisotopic (exact) mass is 375 g/mol. The molecule has 1 unspecified atom stereocenters. The van der Waals surface area contributed by atoms with Gasteiger partial charge in [-0.3, -0.25) is 4.79 Å². The van der Waals surface area contributed by atoms with Crippen LogP contribution >= 0.6 is 0 Å². The van der Waals surface area contributed by atoms with Gasteiger partial charge in [-0.05, 0) is 41.0 Å². The number of para-hydroxylation sites is 1. The normalized spacial score (nSPS) is 18.8. The van der Waals surface area contributed by atoms with Crippen molar-refractivity contribution in [1.82, 2.24) is 0 Å². The van der Waals surface area contributed by atoms with Crippen LogP contribution in [0.3, 0.4) is 0 Å². The smallest absolute Gasteiger partial charge is 0.328 e. The lowest BCUT2D eigenvalue weighted by atomic mass is 9.97. The van der Waals surface area contributed by atoms with E-state index in [0.29, 0.717) is 11.3 Å². The first-order chi connectivity index (χ1) is 13.4. The van der Waals surface area contributed by atoms with Gasteiger partial charge in [0.05, 0.1) is 12.2 Å². The number of alkyl halides is 1. The zero-order valence-electron chi connectivity index (χ0n) is 15.2. The van der Waals surface area contributed by atoms with E-state index in [9.17, 15) is 9.59 Å². The van der Waals surface area contributed by atoms with Crippen molar-refractivity contribution in [2.24, 2.45) is 0 Å². The second-order valence-corrected chi connectivity index (χ2v) is 6.99. The van der Waals surface area contributed by atoms with Gasteiger partial charge in [0.2, 0.25) is 5.67 Å². The summed E-state index contributed by atoms with van der Waals surface area (Å²) in [5, 5.41) is 11.1. The molecule has 1 atom stereocenters. The van der Waals surface area contributed by atoms with Crippen molar-refractivity contribution < 1.29 is 19.1 Å². The molecule has 140 valence electrons. The average Bonchev–Trinajstić information content (AvgIpc) is 2.87. The maximum Gasteiger partial charge on any atom is 0.328 e. The number of carbonyl (C=O) groups excluding carboxylic acids is 1. The number of anilines is 1. The quantitative estimate of drug-likeness (QED) is 0.674. The fraction of sp³-hybridized carbons (Fsp3) is 0.130. The van der Waals surface area contributed by atoms with Crippen LogP contribution in [0.1, 0.15) is 23.6 Å². The highest BCUT2D eigenvalue weighted by molar-refractivity contribution is 6.08. The SMILES string of the molecule is CC1(F)C(=O)N(Cc2ccc3ccccc3c2)c2c(/C=C/C(=O)O)cccc21. The minimum atomic E-state index is -2.15. The van der Waals surface area contributed by atoms with Gasteiger partial charge in [0.1, 0.15) is 0 Å². The van der Waals surface area contributed by atoms with Crippen LogP contribution in [0.5, 0.6) is 0 Å². The fourth-order valence-electron chi connectivity index (χ4n) is 3.68. The highest BCUT2D eigenvalue weighted by Gasteiger charge is 2.48. The van der Waals surface area contributed by atoms with Gasteiger partial charge in [0, 0.05) is 11.6 Å². The third-order valence-corrected chi connectivity index (χ3v) is 5.05. The maximum absolute atomic E-state index is 15.3. The molecule has 3 aromatic carbocycles. The predicted octanol–water partition coefficient (Wildman–Crippen LogP) is 4.67. The Morgan fingerprint density at radius 3 is 2.61 bits per heavy atom. The predicted molar refractivity (Wildman–Crippen MR) is 107 cm³/mol. The van der Waals surface area contributed by atoms with E-state index in [0.717, 1.165) is 22.4 Å². The van der Waals surface area contributed by atoms with E-state index in [1.807, 2.05) is 42.5 Å². The Morgan fingerprint density at radius 2 is 1.86 bits per heavy atom. The molecule has 5 heteroatoms. The molecule has 1 amide bonds. The Bertz CT molecular complexity index is 1130. The van der Waals surface area contributed by atoms with Crippen LogP contribution in [0.2, 0.25) is 0 Å². The van der Waals surface area contributed by atoms with E-state index in [1.165, 1.54) is 17.9 Å². The highest BCUT2D eigenvalue weighted by atomic mass is 19.1. The van der Waals surface area contributed by atoms with Crippen LogP contribution < -0.4 is 4.90 Å². The summed E-state index contributed by atoms with van der Waals surface area (Å²) in [5.41, 5.74) is -0.115. The van der Waals surface area contributed by atoms with Gasteiger partial charge in [0.25, 0.3) is 5.91 Å². The Morgan fingerprint density at radius 1 is 1.11 bits per heavy atom. The lowest BCUT2D eigenvalue weighted by Gasteiger charge is -2.20. The Labute approximate surface area is 161 Å². The van der Waals surface area contributed by atoms with Crippen LogP contribution in [0.25, 0.3) is 16.8 Å². The standard InChI is InChI=1S/C23H18FNO3/c1-23(24)19-8-4-7-17(11-12-20(26)27)21(19)25(22(23)28)14-15-9-10-16-5-2-3-6-18(16)13-15/h2-13H,14H2,1H3,(H,26,27)/b12-11+. The largest absolute Gasteiger partial charge is 0.478 e. The first-order valence-corrected chi connectivity index (χ1v) is 8.91. The number of aliphatic carboxylic acids is 1. The molecule has 4 rings (SSSR count). The van der Waals surface area contributed by atoms with Gasteiger partial charge >= 0.3 is 5.97 Å². The lowest BCUT2D eigenvalue weighted by molar-refractivity contribution is -0.131. The number of fused-ring (bicyclic) bond motifs is 2. The second kappa shape index (κ2) is 6.60. The van der Waals surface area contributed by atoms with E-state index < -0.39 is 17.5 Å². The van der Waals surface area contributed by atoms with Crippen LogP contribution in [0.4, 0.5) is 10.1 Å². The number of benzene rings is 3. The first kappa shape index (κ1) is 17.9. The Balaban J connectivity index is 1.79. The van der Waals surface area contributed by atoms with E-state index in [1.54, 1.807) is 18.2 Å². The summed E-state index contributed by atoms with van der Waals surface area (Å²) in [7, 11) is 0. The fourth-order valence-corrected chi connectivity index (χ4v) is 3.68. The van der Waals surface area contributed by atoms with Gasteiger partial charge in [-0.25, -0.2) is 9.18 Å². The number of carboxylic acids is 1. The van der Waals surface area contributed by atoms with Crippen molar-refractivity contribution >= 4 is 34.4 Å². The Kier molecular flexibility index (Phi) is 4.23. The molecule has 0 saturated heterocycles. The topological polar surface area (TPSA) is 57.6 Å². The summed E-state index contributed by atoms with van der Waals surface area (Å²) in [5.74, 6) is -1.75. The van der Waals surface area contributed by atoms with Crippen LogP contribution in [0.15, 0.2) is 66.7 Å². The first-order valence-electron chi connectivity index (χ1n) is 8.91. The van der Waals surface area contributed by atoms with Crippen molar-refractivity contribution in [1.29, 1.82) is 0 Å². The summed E-state index contributed by atoms with van der Waals surface area (Å²) in [6.07, 6.45) is 2.38. The minimum absolute atomic E-state index is 0.202. The molecule has 3 aromatic rings. The minimum Gasteiger partial charge on any atom is -0.478 e. The molecule has 0 saturated carbocycles. The zero-order chi connectivity index (χ0) is 19.9. The number of nitrogens with zero attached hydrogens (tertiary/aromatic N) is 1. The molecular weight excluding hydrogens is 357 g/mol. The molecule has 0 aromatic heterocycles. The summed E-state index contributed by atoms with van der Waals surface area (Å²) in [6, 6.07) is 18.6. The van der Waals surface area contributed by atoms with Crippen molar-refractivity contribution in [3.8, 4) is 0 Å². The second-order valence-electron chi connectivity index (χ2n) is 6.99.